The van der Waals surface area contributed by atoms with Gasteiger partial charge in [0, 0.05) is 31.4 Å². The summed E-state index contributed by atoms with van der Waals surface area (Å²) in [7, 11) is 0. The number of hydrogen-bond acceptors (Lipinski definition) is 8. The number of benzene rings is 1. The first kappa shape index (κ1) is 21.9. The van der Waals surface area contributed by atoms with Crippen LogP contribution in [0.1, 0.15) is 26.3 Å². The molecule has 4 rings (SSSR count). The molecule has 1 aliphatic rings. The first-order chi connectivity index (χ1) is 15.3. The molecular weight excluding hydrogens is 415 g/mol. The first-order valence-electron chi connectivity index (χ1n) is 10.4. The van der Waals surface area contributed by atoms with Crippen LogP contribution in [0.4, 0.5) is 10.2 Å². The van der Waals surface area contributed by atoms with Crippen LogP contribution in [0, 0.1) is 5.82 Å². The van der Waals surface area contributed by atoms with Crippen molar-refractivity contribution in [3.8, 4) is 11.5 Å². The van der Waals surface area contributed by atoms with Gasteiger partial charge in [0.2, 0.25) is 0 Å². The molecule has 3 aromatic rings. The second-order valence-electron chi connectivity index (χ2n) is 8.43. The predicted molar refractivity (Wildman–Crippen MR) is 116 cm³/mol. The lowest BCUT2D eigenvalue weighted by Crippen LogP contribution is -2.36. The molecule has 0 amide bonds. The Morgan fingerprint density at radius 1 is 1.19 bits per heavy atom. The van der Waals surface area contributed by atoms with Gasteiger partial charge in [-0.05, 0) is 32.4 Å². The van der Waals surface area contributed by atoms with E-state index in [9.17, 15) is 9.18 Å². The lowest BCUT2D eigenvalue weighted by molar-refractivity contribution is -0.153. The van der Waals surface area contributed by atoms with Crippen LogP contribution in [0.3, 0.4) is 0 Å². The molecule has 9 heteroatoms. The number of esters is 1. The van der Waals surface area contributed by atoms with E-state index in [2.05, 4.69) is 19.9 Å². The van der Waals surface area contributed by atoms with Crippen molar-refractivity contribution in [2.75, 3.05) is 31.2 Å². The number of nitrogens with zero attached hydrogens (tertiary/aromatic N) is 4. The van der Waals surface area contributed by atoms with Crippen LogP contribution in [0.5, 0.6) is 11.5 Å². The molecule has 168 valence electrons. The zero-order valence-electron chi connectivity index (χ0n) is 18.3. The van der Waals surface area contributed by atoms with Gasteiger partial charge in [-0.2, -0.15) is 0 Å². The number of rotatable bonds is 5. The summed E-state index contributed by atoms with van der Waals surface area (Å²) >= 11 is 0. The number of anilines is 1. The fraction of sp³-hybridized carbons (Fsp3) is 0.391. The summed E-state index contributed by atoms with van der Waals surface area (Å²) in [6.07, 6.45) is 3.09. The van der Waals surface area contributed by atoms with E-state index < -0.39 is 17.4 Å². The van der Waals surface area contributed by atoms with Gasteiger partial charge in [0.1, 0.15) is 23.0 Å². The minimum absolute atomic E-state index is 0.155. The minimum Gasteiger partial charge on any atom is -0.460 e. The summed E-state index contributed by atoms with van der Waals surface area (Å²) < 4.78 is 31.1. The van der Waals surface area contributed by atoms with Gasteiger partial charge < -0.3 is 19.1 Å². The number of fused-ring (bicyclic) bond motifs is 1. The monoisotopic (exact) mass is 440 g/mol. The number of halogens is 1. The van der Waals surface area contributed by atoms with Crippen molar-refractivity contribution >= 4 is 23.0 Å². The second kappa shape index (κ2) is 9.04. The van der Waals surface area contributed by atoms with Crippen LogP contribution in [0.15, 0.2) is 36.7 Å². The molecule has 0 bridgehead atoms. The Labute approximate surface area is 185 Å². The highest BCUT2D eigenvalue weighted by Gasteiger charge is 2.19. The van der Waals surface area contributed by atoms with Crippen LogP contribution in [0.2, 0.25) is 0 Å². The number of pyridine rings is 1. The van der Waals surface area contributed by atoms with Crippen molar-refractivity contribution in [3.63, 3.8) is 0 Å². The molecule has 0 unspecified atom stereocenters. The summed E-state index contributed by atoms with van der Waals surface area (Å²) in [5, 5.41) is 0. The third-order valence-electron chi connectivity index (χ3n) is 4.74. The van der Waals surface area contributed by atoms with Crippen LogP contribution in [0.25, 0.3) is 11.2 Å². The van der Waals surface area contributed by atoms with Crippen molar-refractivity contribution in [2.45, 2.75) is 32.8 Å². The van der Waals surface area contributed by atoms with Gasteiger partial charge in [-0.1, -0.05) is 6.07 Å². The smallest absolute Gasteiger partial charge is 0.310 e. The number of aromatic nitrogens is 3. The number of hydrogen-bond donors (Lipinski definition) is 0. The second-order valence-corrected chi connectivity index (χ2v) is 8.43. The zero-order valence-corrected chi connectivity index (χ0v) is 18.3. The van der Waals surface area contributed by atoms with E-state index in [4.69, 9.17) is 14.2 Å². The standard InChI is InChI=1S/C23H25FN4O4/c1-23(2,3)32-20(29)12-15-4-5-16(13-17(15)24)31-18-6-7-25-22-21(18)26-14-19(27-22)28-8-10-30-11-9-28/h4-7,13-14H,8-12H2,1-3H3. The van der Waals surface area contributed by atoms with E-state index >= 15 is 0 Å². The Kier molecular flexibility index (Phi) is 6.18. The summed E-state index contributed by atoms with van der Waals surface area (Å²) in [6, 6.07) is 6.00. The molecule has 0 N–H and O–H groups in total. The zero-order chi connectivity index (χ0) is 22.7. The highest BCUT2D eigenvalue weighted by atomic mass is 19.1. The fourth-order valence-electron chi connectivity index (χ4n) is 3.31. The lowest BCUT2D eigenvalue weighted by Gasteiger charge is -2.27. The van der Waals surface area contributed by atoms with Gasteiger partial charge in [-0.3, -0.25) is 4.79 Å². The van der Waals surface area contributed by atoms with E-state index in [1.807, 2.05) is 0 Å². The highest BCUT2D eigenvalue weighted by molar-refractivity contribution is 5.78. The van der Waals surface area contributed by atoms with Crippen LogP contribution >= 0.6 is 0 Å². The average Bonchev–Trinajstić information content (AvgIpc) is 2.75. The van der Waals surface area contributed by atoms with Crippen LogP contribution in [-0.4, -0.2) is 52.8 Å². The highest BCUT2D eigenvalue weighted by Crippen LogP contribution is 2.29. The minimum atomic E-state index is -0.623. The summed E-state index contributed by atoms with van der Waals surface area (Å²) in [4.78, 5) is 27.4. The van der Waals surface area contributed by atoms with E-state index in [1.54, 1.807) is 45.3 Å². The Balaban J connectivity index is 1.51. The fourth-order valence-corrected chi connectivity index (χ4v) is 3.31. The Bertz CT molecular complexity index is 1130. The molecule has 32 heavy (non-hydrogen) atoms. The van der Waals surface area contributed by atoms with Gasteiger partial charge in [-0.15, -0.1) is 0 Å². The van der Waals surface area contributed by atoms with Gasteiger partial charge in [0.05, 0.1) is 25.8 Å². The number of morpholine rings is 1. The average molecular weight is 440 g/mol. The topological polar surface area (TPSA) is 86.7 Å². The molecule has 0 saturated carbocycles. The SMILES string of the molecule is CC(C)(C)OC(=O)Cc1ccc(Oc2ccnc3nc(N4CCOCC4)cnc23)cc1F. The molecule has 3 heterocycles. The van der Waals surface area contributed by atoms with Crippen molar-refractivity contribution in [2.24, 2.45) is 0 Å². The van der Waals surface area contributed by atoms with Crippen LogP contribution < -0.4 is 9.64 Å². The lowest BCUT2D eigenvalue weighted by atomic mass is 10.1. The van der Waals surface area contributed by atoms with E-state index in [0.717, 1.165) is 18.9 Å². The maximum Gasteiger partial charge on any atom is 0.310 e. The molecule has 1 fully saturated rings. The molecule has 0 radical (unpaired) electrons. The molecule has 2 aromatic heterocycles. The van der Waals surface area contributed by atoms with Crippen molar-refractivity contribution in [1.29, 1.82) is 0 Å². The quantitative estimate of drug-likeness (QED) is 0.556. The number of ether oxygens (including phenoxy) is 3. The van der Waals surface area contributed by atoms with Crippen molar-refractivity contribution in [1.82, 2.24) is 15.0 Å². The molecule has 0 atom stereocenters. The summed E-state index contributed by atoms with van der Waals surface area (Å²) in [5.74, 6) is 0.379. The van der Waals surface area contributed by atoms with E-state index in [1.165, 1.54) is 12.1 Å². The van der Waals surface area contributed by atoms with Gasteiger partial charge in [-0.25, -0.2) is 19.3 Å². The number of carbonyl (C=O) groups is 1. The largest absolute Gasteiger partial charge is 0.460 e. The summed E-state index contributed by atoms with van der Waals surface area (Å²) in [5.41, 5.74) is 0.527. The molecule has 0 aliphatic carbocycles. The van der Waals surface area contributed by atoms with Crippen molar-refractivity contribution < 1.29 is 23.4 Å². The molecule has 8 nitrogen and oxygen atoms in total. The predicted octanol–water partition coefficient (Wildman–Crippen LogP) is 3.68. The molecule has 1 saturated heterocycles. The molecule has 1 aliphatic heterocycles. The molecule has 1 aromatic carbocycles. The van der Waals surface area contributed by atoms with Gasteiger partial charge in [0.25, 0.3) is 0 Å². The first-order valence-corrected chi connectivity index (χ1v) is 10.4. The van der Waals surface area contributed by atoms with E-state index in [0.29, 0.717) is 30.1 Å². The normalized spacial score (nSPS) is 14.4. The van der Waals surface area contributed by atoms with Crippen molar-refractivity contribution in [3.05, 3.63) is 48.0 Å². The Morgan fingerprint density at radius 2 is 1.97 bits per heavy atom. The molecular formula is C23H25FN4O4. The number of carbonyl (C=O) groups excluding carboxylic acids is 1. The Hall–Kier alpha value is -3.33. The van der Waals surface area contributed by atoms with Gasteiger partial charge >= 0.3 is 5.97 Å². The van der Waals surface area contributed by atoms with E-state index in [-0.39, 0.29) is 17.7 Å². The third-order valence-corrected chi connectivity index (χ3v) is 4.74. The van der Waals surface area contributed by atoms with Gasteiger partial charge in [0.15, 0.2) is 16.9 Å². The maximum atomic E-state index is 14.6. The third kappa shape index (κ3) is 5.28. The Morgan fingerprint density at radius 3 is 2.69 bits per heavy atom. The van der Waals surface area contributed by atoms with Crippen LogP contribution in [-0.2, 0) is 20.7 Å². The summed E-state index contributed by atoms with van der Waals surface area (Å²) in [6.45, 7) is 8.08. The maximum absolute atomic E-state index is 14.6. The molecule has 0 spiro atoms.